The molecule has 0 aliphatic heterocycles. The molecule has 0 aliphatic rings. The molecule has 0 atom stereocenters. The molecule has 6 aromatic rings. The number of phenolic OH excluding ortho intramolecular Hbond substituents is 4. The summed E-state index contributed by atoms with van der Waals surface area (Å²) in [6, 6.07) is 20.9. The summed E-state index contributed by atoms with van der Waals surface area (Å²) in [4.78, 5) is 77.1. The Morgan fingerprint density at radius 1 is 0.269 bits per heavy atom. The molecule has 0 spiro atoms. The van der Waals surface area contributed by atoms with Crippen molar-refractivity contribution in [1.29, 1.82) is 0 Å². The summed E-state index contributed by atoms with van der Waals surface area (Å²) in [7, 11) is 0. The molecular formula is C94H132O14. The molecule has 0 saturated heterocycles. The Labute approximate surface area is 647 Å². The largest absolute Gasteiger partial charge is 0.507 e. The van der Waals surface area contributed by atoms with E-state index in [4.69, 9.17) is 23.7 Å². The topological polar surface area (TPSA) is 212 Å². The molecule has 14 heteroatoms. The number of benzene rings is 6. The fraction of sp³-hybridized carbons (Fsp3) is 0.564. The number of carbonyl (C=O) groups excluding carboxylic acids is 5. The first-order valence-corrected chi connectivity index (χ1v) is 38.1. The Hall–Kier alpha value is -8.13. The molecule has 0 aliphatic carbocycles. The van der Waals surface area contributed by atoms with Gasteiger partial charge in [0.05, 0.1) is 27.8 Å². The summed E-state index contributed by atoms with van der Waals surface area (Å²) in [5, 5.41) is 48.1. The van der Waals surface area contributed by atoms with Crippen molar-refractivity contribution in [3.05, 3.63) is 167 Å². The van der Waals surface area contributed by atoms with Gasteiger partial charge < -0.3 is 44.1 Å². The maximum Gasteiger partial charge on any atom is 0.344 e. The van der Waals surface area contributed by atoms with Crippen LogP contribution in [0.5, 0.6) is 28.7 Å². The van der Waals surface area contributed by atoms with Crippen LogP contribution in [0.15, 0.2) is 72.8 Å². The average molecular weight is 1490 g/mol. The third-order valence-corrected chi connectivity index (χ3v) is 20.1. The van der Waals surface area contributed by atoms with Gasteiger partial charge in [-0.15, -0.1) is 0 Å². The second kappa shape index (κ2) is 29.9. The number of hydrogen-bond donors (Lipinski definition) is 4. The van der Waals surface area contributed by atoms with Gasteiger partial charge in [-0.05, 0) is 136 Å². The lowest BCUT2D eigenvalue weighted by Gasteiger charge is -2.34. The lowest BCUT2D eigenvalue weighted by molar-refractivity contribution is -0.0642. The number of phenols is 4. The minimum absolute atomic E-state index is 0.0300. The molecular weight excluding hydrogens is 1350 g/mol. The van der Waals surface area contributed by atoms with Crippen molar-refractivity contribution in [1.82, 2.24) is 0 Å². The van der Waals surface area contributed by atoms with E-state index in [1.165, 1.54) is 0 Å². The Balaban J connectivity index is 1.65. The summed E-state index contributed by atoms with van der Waals surface area (Å²) in [6.07, 6.45) is 0. The first kappa shape index (κ1) is 88.8. The Morgan fingerprint density at radius 3 is 0.741 bits per heavy atom. The highest BCUT2D eigenvalue weighted by Crippen LogP contribution is 2.52. The molecule has 0 heterocycles. The van der Waals surface area contributed by atoms with Gasteiger partial charge >= 0.3 is 29.8 Å². The lowest BCUT2D eigenvalue weighted by Crippen LogP contribution is -2.44. The van der Waals surface area contributed by atoms with Crippen LogP contribution in [-0.2, 0) is 83.9 Å². The van der Waals surface area contributed by atoms with Crippen molar-refractivity contribution in [2.24, 2.45) is 5.41 Å². The molecule has 0 amide bonds. The number of esters is 5. The predicted molar refractivity (Wildman–Crippen MR) is 437 cm³/mol. The average Bonchev–Trinajstić information content (AvgIpc) is 0.731. The van der Waals surface area contributed by atoms with Crippen LogP contribution in [0.4, 0.5) is 0 Å². The normalized spacial score (nSPS) is 13.5. The molecule has 592 valence electrons. The summed E-state index contributed by atoms with van der Waals surface area (Å²) >= 11 is 0. The predicted octanol–water partition coefficient (Wildman–Crippen LogP) is 22.7. The van der Waals surface area contributed by atoms with E-state index in [2.05, 4.69) is 59.7 Å². The standard InChI is InChI=1S/C94H132O14/c1-82(2,3)57-37-38-58(60(47-57)83(4,5)6)70-59(48-67(90(25,26)27)75(98)71(70)93(34,35)36)81(103)108-76-68(91(28,29)30)45-56(46-69(76)92(31,32)33)80(102)107-52-94(49-104-77(99)53-39-61(84(7,8)9)72(95)62(40-53)85(10,11)12,50-105-78(100)54-41-63(86(13,14)15)73(96)64(42-54)87(16,17)18)51-106-79(101)55-43-65(88(19,20)21)74(97)66(44-55)89(22,23)24/h37-48,95-98H,49-52H2,1-36H3. The van der Waals surface area contributed by atoms with Crippen molar-refractivity contribution in [3.8, 4) is 39.9 Å². The van der Waals surface area contributed by atoms with Crippen LogP contribution in [-0.4, -0.2) is 76.7 Å². The van der Waals surface area contributed by atoms with Gasteiger partial charge in [0.1, 0.15) is 60.6 Å². The van der Waals surface area contributed by atoms with Crippen LogP contribution in [0.2, 0.25) is 0 Å². The van der Waals surface area contributed by atoms with E-state index >= 15 is 24.0 Å². The van der Waals surface area contributed by atoms with Crippen molar-refractivity contribution in [2.75, 3.05) is 26.4 Å². The SMILES string of the molecule is CC(C)(C)c1ccc(-c2c(C(=O)Oc3c(C(C)(C)C)cc(C(=O)OCC(COC(=O)c4cc(C(C)(C)C)c(O)c(C(C)(C)C)c4)(COC(=O)c4cc(C(C)(C)C)c(O)c(C(C)(C)C)c4)COC(=O)c4cc(C(C)(C)C)c(O)c(C(C)(C)C)c4)cc3C(C)(C)C)cc(C(C)(C)C)c(O)c2C(C)(C)C)c(C(C)(C)C)c1. The molecule has 0 bridgehead atoms. The summed E-state index contributed by atoms with van der Waals surface area (Å²) in [6.45, 7) is 68.4. The highest BCUT2D eigenvalue weighted by molar-refractivity contribution is 6.02. The number of aromatic hydroxyl groups is 4. The highest BCUT2D eigenvalue weighted by atomic mass is 16.6. The quantitative estimate of drug-likeness (QED) is 0.0428. The zero-order valence-electron chi connectivity index (χ0n) is 72.6. The first-order chi connectivity index (χ1) is 48.3. The van der Waals surface area contributed by atoms with Crippen molar-refractivity contribution < 1.29 is 68.1 Å². The van der Waals surface area contributed by atoms with Crippen molar-refractivity contribution in [3.63, 3.8) is 0 Å². The van der Waals surface area contributed by atoms with Crippen LogP contribution in [0, 0.1) is 5.41 Å². The number of hydrogen-bond acceptors (Lipinski definition) is 14. The van der Waals surface area contributed by atoms with E-state index in [0.717, 1.165) is 16.7 Å². The maximum absolute atomic E-state index is 16.1. The summed E-state index contributed by atoms with van der Waals surface area (Å²) in [5.41, 5.74) is -0.518. The second-order valence-corrected chi connectivity index (χ2v) is 42.7. The van der Waals surface area contributed by atoms with Crippen molar-refractivity contribution in [2.45, 2.75) is 314 Å². The van der Waals surface area contributed by atoms with E-state index < -0.39 is 121 Å². The van der Waals surface area contributed by atoms with Crippen LogP contribution < -0.4 is 4.74 Å². The Kier molecular flexibility index (Phi) is 24.6. The molecule has 0 aromatic heterocycles. The van der Waals surface area contributed by atoms with E-state index in [1.54, 1.807) is 54.6 Å². The van der Waals surface area contributed by atoms with Gasteiger partial charge in [-0.1, -0.05) is 267 Å². The zero-order valence-corrected chi connectivity index (χ0v) is 72.6. The van der Waals surface area contributed by atoms with Crippen LogP contribution in [0.1, 0.15) is 368 Å². The van der Waals surface area contributed by atoms with Gasteiger partial charge in [0.2, 0.25) is 0 Å². The third kappa shape index (κ3) is 20.3. The molecule has 0 unspecified atom stereocenters. The minimum atomic E-state index is -1.92. The van der Waals surface area contributed by atoms with Gasteiger partial charge in [0.15, 0.2) is 0 Å². The van der Waals surface area contributed by atoms with Gasteiger partial charge in [0.25, 0.3) is 0 Å². The fourth-order valence-electron chi connectivity index (χ4n) is 13.5. The van der Waals surface area contributed by atoms with Crippen molar-refractivity contribution >= 4 is 29.8 Å². The smallest absolute Gasteiger partial charge is 0.344 e. The van der Waals surface area contributed by atoms with E-state index in [1.807, 2.05) is 208 Å². The Morgan fingerprint density at radius 2 is 0.509 bits per heavy atom. The third-order valence-electron chi connectivity index (χ3n) is 20.1. The van der Waals surface area contributed by atoms with Crippen LogP contribution in [0.25, 0.3) is 11.1 Å². The molecule has 6 rings (SSSR count). The minimum Gasteiger partial charge on any atom is -0.507 e. The fourth-order valence-corrected chi connectivity index (χ4v) is 13.5. The lowest BCUT2D eigenvalue weighted by atomic mass is 9.71. The summed E-state index contributed by atoms with van der Waals surface area (Å²) < 4.78 is 32.7. The molecule has 108 heavy (non-hydrogen) atoms. The van der Waals surface area contributed by atoms with Gasteiger partial charge in [-0.3, -0.25) is 0 Å². The van der Waals surface area contributed by atoms with E-state index in [9.17, 15) is 20.4 Å². The molecule has 4 N–H and O–H groups in total. The molecule has 0 saturated carbocycles. The monoisotopic (exact) mass is 1480 g/mol. The number of carbonyl (C=O) groups is 5. The molecule has 0 fully saturated rings. The molecule has 0 radical (unpaired) electrons. The zero-order chi connectivity index (χ0) is 83.1. The second-order valence-electron chi connectivity index (χ2n) is 42.7. The van der Waals surface area contributed by atoms with Gasteiger partial charge in [-0.2, -0.15) is 0 Å². The highest BCUT2D eigenvalue weighted by Gasteiger charge is 2.43. The van der Waals surface area contributed by atoms with Gasteiger partial charge in [-0.25, -0.2) is 24.0 Å². The van der Waals surface area contributed by atoms with E-state index in [0.29, 0.717) is 61.2 Å². The summed E-state index contributed by atoms with van der Waals surface area (Å²) in [5.74, 6) is -3.71. The van der Waals surface area contributed by atoms with E-state index in [-0.39, 0.29) is 62.0 Å². The Bertz CT molecular complexity index is 4050. The molecule has 6 aromatic carbocycles. The van der Waals surface area contributed by atoms with Gasteiger partial charge in [0, 0.05) is 61.2 Å². The number of rotatable bonds is 15. The number of ether oxygens (including phenoxy) is 5. The van der Waals surface area contributed by atoms with Crippen LogP contribution >= 0.6 is 0 Å². The first-order valence-electron chi connectivity index (χ1n) is 38.1. The molecule has 14 nitrogen and oxygen atoms in total. The van der Waals surface area contributed by atoms with Crippen LogP contribution in [0.3, 0.4) is 0 Å². The maximum atomic E-state index is 16.1.